The lowest BCUT2D eigenvalue weighted by Crippen LogP contribution is -2.10. The maximum atomic E-state index is 9.13. The van der Waals surface area contributed by atoms with E-state index in [4.69, 9.17) is 5.11 Å². The number of fused-ring (bicyclic) bond motifs is 1. The predicted molar refractivity (Wildman–Crippen MR) is 51.6 cm³/mol. The molecule has 64 valence electrons. The van der Waals surface area contributed by atoms with Crippen molar-refractivity contribution in [2.24, 2.45) is 0 Å². The molecule has 0 unspecified atom stereocenters. The van der Waals surface area contributed by atoms with Gasteiger partial charge in [0.05, 0.1) is 0 Å². The van der Waals surface area contributed by atoms with Gasteiger partial charge in [-0.05, 0) is 23.8 Å². The number of hydrogen-bond donors (Lipinski definition) is 1. The molecule has 2 heteroatoms. The zero-order chi connectivity index (χ0) is 8.39. The Hall–Kier alpha value is -0.470. The predicted octanol–water partition coefficient (Wildman–Crippen LogP) is 2.26. The van der Waals surface area contributed by atoms with E-state index >= 15 is 0 Å². The van der Waals surface area contributed by atoms with Crippen LogP contribution in [0.2, 0.25) is 0 Å². The standard InChI is InChI=1S/C10H12OS/c11-7-8-5-6-12-10-4-2-1-3-9(8)10/h1-4,8,11H,5-7H2/t8-/m0/s1. The number of aliphatic hydroxyl groups excluding tert-OH is 1. The summed E-state index contributed by atoms with van der Waals surface area (Å²) in [5.41, 5.74) is 1.33. The lowest BCUT2D eigenvalue weighted by molar-refractivity contribution is 0.260. The minimum atomic E-state index is 0.289. The summed E-state index contributed by atoms with van der Waals surface area (Å²) in [6, 6.07) is 8.38. The van der Waals surface area contributed by atoms with Gasteiger partial charge in [-0.2, -0.15) is 0 Å². The molecule has 1 nitrogen and oxygen atoms in total. The Morgan fingerprint density at radius 3 is 3.08 bits per heavy atom. The van der Waals surface area contributed by atoms with Crippen LogP contribution in [0.5, 0.6) is 0 Å². The molecule has 1 aromatic carbocycles. The van der Waals surface area contributed by atoms with Crippen molar-refractivity contribution in [3.8, 4) is 0 Å². The third-order valence-corrected chi connectivity index (χ3v) is 3.43. The van der Waals surface area contributed by atoms with E-state index in [1.165, 1.54) is 10.5 Å². The highest BCUT2D eigenvalue weighted by molar-refractivity contribution is 7.99. The van der Waals surface area contributed by atoms with Crippen LogP contribution in [0.1, 0.15) is 17.9 Å². The molecule has 0 radical (unpaired) electrons. The summed E-state index contributed by atoms with van der Waals surface area (Å²) in [4.78, 5) is 1.35. The second-order valence-corrected chi connectivity index (χ2v) is 4.19. The number of hydrogen-bond acceptors (Lipinski definition) is 2. The third kappa shape index (κ3) is 1.37. The van der Waals surface area contributed by atoms with E-state index in [-0.39, 0.29) is 6.61 Å². The van der Waals surface area contributed by atoms with Crippen LogP contribution < -0.4 is 0 Å². The summed E-state index contributed by atoms with van der Waals surface area (Å²) >= 11 is 1.90. The highest BCUT2D eigenvalue weighted by Gasteiger charge is 2.18. The summed E-state index contributed by atoms with van der Waals surface area (Å²) < 4.78 is 0. The molecule has 1 heterocycles. The van der Waals surface area contributed by atoms with Gasteiger partial charge in [-0.1, -0.05) is 18.2 Å². The molecule has 0 saturated carbocycles. The lowest BCUT2D eigenvalue weighted by atomic mass is 9.97. The summed E-state index contributed by atoms with van der Waals surface area (Å²) in [7, 11) is 0. The summed E-state index contributed by atoms with van der Waals surface area (Å²) in [5.74, 6) is 1.52. The number of benzene rings is 1. The summed E-state index contributed by atoms with van der Waals surface area (Å²) in [6.45, 7) is 0.289. The Bertz CT molecular complexity index is 272. The van der Waals surface area contributed by atoms with Crippen molar-refractivity contribution in [3.05, 3.63) is 29.8 Å². The van der Waals surface area contributed by atoms with Crippen LogP contribution in [-0.4, -0.2) is 17.5 Å². The molecular formula is C10H12OS. The van der Waals surface area contributed by atoms with Crippen LogP contribution in [-0.2, 0) is 0 Å². The van der Waals surface area contributed by atoms with Crippen LogP contribution in [0.25, 0.3) is 0 Å². The second-order valence-electron chi connectivity index (χ2n) is 3.05. The average molecular weight is 180 g/mol. The van der Waals surface area contributed by atoms with Gasteiger partial charge in [0.15, 0.2) is 0 Å². The normalized spacial score (nSPS) is 21.9. The number of aliphatic hydroxyl groups is 1. The zero-order valence-electron chi connectivity index (χ0n) is 6.86. The quantitative estimate of drug-likeness (QED) is 0.715. The molecule has 1 aliphatic heterocycles. The van der Waals surface area contributed by atoms with Gasteiger partial charge in [-0.25, -0.2) is 0 Å². The molecule has 0 bridgehead atoms. The molecule has 1 atom stereocenters. The highest BCUT2D eigenvalue weighted by Crippen LogP contribution is 2.36. The first-order valence-corrected chi connectivity index (χ1v) is 5.23. The second kappa shape index (κ2) is 3.50. The van der Waals surface area contributed by atoms with E-state index in [0.717, 1.165) is 12.2 Å². The molecule has 0 aliphatic carbocycles. The number of thioether (sulfide) groups is 1. The van der Waals surface area contributed by atoms with E-state index in [1.807, 2.05) is 17.8 Å². The fourth-order valence-electron chi connectivity index (χ4n) is 1.61. The lowest BCUT2D eigenvalue weighted by Gasteiger charge is -2.22. The van der Waals surface area contributed by atoms with E-state index in [0.29, 0.717) is 5.92 Å². The van der Waals surface area contributed by atoms with Gasteiger partial charge in [0.1, 0.15) is 0 Å². The highest BCUT2D eigenvalue weighted by atomic mass is 32.2. The molecular weight excluding hydrogens is 168 g/mol. The molecule has 1 aliphatic rings. The fourth-order valence-corrected chi connectivity index (χ4v) is 2.80. The van der Waals surface area contributed by atoms with Crippen LogP contribution >= 0.6 is 11.8 Å². The van der Waals surface area contributed by atoms with E-state index in [2.05, 4.69) is 18.2 Å². The van der Waals surface area contributed by atoms with Gasteiger partial charge >= 0.3 is 0 Å². The first-order chi connectivity index (χ1) is 5.92. The molecule has 0 spiro atoms. The molecule has 0 aromatic heterocycles. The fraction of sp³-hybridized carbons (Fsp3) is 0.400. The smallest absolute Gasteiger partial charge is 0.0500 e. The molecule has 1 aromatic rings. The van der Waals surface area contributed by atoms with Gasteiger partial charge in [0, 0.05) is 17.4 Å². The van der Waals surface area contributed by atoms with Gasteiger partial charge in [0.2, 0.25) is 0 Å². The van der Waals surface area contributed by atoms with Crippen molar-refractivity contribution in [2.75, 3.05) is 12.4 Å². The SMILES string of the molecule is OC[C@@H]1CCSc2ccccc21. The van der Waals surface area contributed by atoms with Crippen molar-refractivity contribution in [1.82, 2.24) is 0 Å². The monoisotopic (exact) mass is 180 g/mol. The topological polar surface area (TPSA) is 20.2 Å². The van der Waals surface area contributed by atoms with Crippen LogP contribution in [0.15, 0.2) is 29.2 Å². The molecule has 12 heavy (non-hydrogen) atoms. The Balaban J connectivity index is 2.37. The maximum absolute atomic E-state index is 9.13. The summed E-state index contributed by atoms with van der Waals surface area (Å²) in [6.07, 6.45) is 1.11. The van der Waals surface area contributed by atoms with Crippen molar-refractivity contribution < 1.29 is 5.11 Å². The number of rotatable bonds is 1. The minimum Gasteiger partial charge on any atom is -0.396 e. The third-order valence-electron chi connectivity index (χ3n) is 2.30. The van der Waals surface area contributed by atoms with Crippen LogP contribution in [0, 0.1) is 0 Å². The first kappa shape index (κ1) is 8.14. The molecule has 2 rings (SSSR count). The minimum absolute atomic E-state index is 0.289. The first-order valence-electron chi connectivity index (χ1n) is 4.24. The molecule has 1 N–H and O–H groups in total. The van der Waals surface area contributed by atoms with Crippen molar-refractivity contribution in [1.29, 1.82) is 0 Å². The van der Waals surface area contributed by atoms with Crippen molar-refractivity contribution in [3.63, 3.8) is 0 Å². The Morgan fingerprint density at radius 2 is 2.25 bits per heavy atom. The van der Waals surface area contributed by atoms with Crippen molar-refractivity contribution in [2.45, 2.75) is 17.2 Å². The van der Waals surface area contributed by atoms with Crippen LogP contribution in [0.4, 0.5) is 0 Å². The van der Waals surface area contributed by atoms with Gasteiger partial charge in [-0.15, -0.1) is 11.8 Å². The molecule has 0 saturated heterocycles. The largest absolute Gasteiger partial charge is 0.396 e. The van der Waals surface area contributed by atoms with E-state index < -0.39 is 0 Å². The van der Waals surface area contributed by atoms with Crippen LogP contribution in [0.3, 0.4) is 0 Å². The molecule has 0 fully saturated rings. The average Bonchev–Trinajstić information content (AvgIpc) is 2.17. The van der Waals surface area contributed by atoms with Gasteiger partial charge in [0.25, 0.3) is 0 Å². The van der Waals surface area contributed by atoms with E-state index in [9.17, 15) is 0 Å². The zero-order valence-corrected chi connectivity index (χ0v) is 7.68. The maximum Gasteiger partial charge on any atom is 0.0500 e. The Morgan fingerprint density at radius 1 is 1.42 bits per heavy atom. The Labute approximate surface area is 76.8 Å². The van der Waals surface area contributed by atoms with Gasteiger partial charge in [-0.3, -0.25) is 0 Å². The summed E-state index contributed by atoms with van der Waals surface area (Å²) in [5, 5.41) is 9.13. The van der Waals surface area contributed by atoms with E-state index in [1.54, 1.807) is 0 Å². The van der Waals surface area contributed by atoms with Gasteiger partial charge < -0.3 is 5.11 Å². The molecule has 0 amide bonds. The van der Waals surface area contributed by atoms with Crippen molar-refractivity contribution >= 4 is 11.8 Å². The Kier molecular flexibility index (Phi) is 2.38.